The van der Waals surface area contributed by atoms with Gasteiger partial charge in [0.25, 0.3) is 0 Å². The van der Waals surface area contributed by atoms with Crippen molar-refractivity contribution in [2.24, 2.45) is 0 Å². The van der Waals surface area contributed by atoms with Gasteiger partial charge in [-0.3, -0.25) is 9.78 Å². The highest BCUT2D eigenvalue weighted by Gasteiger charge is 2.16. The lowest BCUT2D eigenvalue weighted by Crippen LogP contribution is -2.01. The number of carbonyl (C=O) groups is 1. The molecule has 3 rings (SSSR count). The molecule has 0 spiro atoms. The maximum Gasteiger partial charge on any atom is 0.208 e. The van der Waals surface area contributed by atoms with Crippen LogP contribution in [0.4, 0.5) is 0 Å². The molecule has 0 N–H and O–H groups in total. The van der Waals surface area contributed by atoms with Gasteiger partial charge in [-0.2, -0.15) is 0 Å². The highest BCUT2D eigenvalue weighted by molar-refractivity contribution is 7.12. The van der Waals surface area contributed by atoms with Crippen molar-refractivity contribution in [1.82, 2.24) is 4.98 Å². The minimum atomic E-state index is -0.0508. The van der Waals surface area contributed by atoms with E-state index in [1.807, 2.05) is 35.7 Å². The summed E-state index contributed by atoms with van der Waals surface area (Å²) in [7, 11) is 1.57. The molecule has 0 saturated heterocycles. The van der Waals surface area contributed by atoms with Gasteiger partial charge < -0.3 is 4.74 Å². The van der Waals surface area contributed by atoms with Crippen LogP contribution in [0.2, 0.25) is 0 Å². The molecule has 0 atom stereocenters. The third-order valence-corrected chi connectivity index (χ3v) is 3.80. The minimum Gasteiger partial charge on any atom is -0.495 e. The first-order valence-electron chi connectivity index (χ1n) is 5.80. The molecule has 2 heterocycles. The van der Waals surface area contributed by atoms with Crippen molar-refractivity contribution in [3.63, 3.8) is 0 Å². The second kappa shape index (κ2) is 4.82. The first-order chi connectivity index (χ1) is 9.29. The lowest BCUT2D eigenvalue weighted by Gasteiger charge is -2.03. The van der Waals surface area contributed by atoms with E-state index in [2.05, 4.69) is 4.98 Å². The molecule has 0 amide bonds. The summed E-state index contributed by atoms with van der Waals surface area (Å²) < 4.78 is 5.18. The smallest absolute Gasteiger partial charge is 0.208 e. The highest BCUT2D eigenvalue weighted by atomic mass is 32.1. The summed E-state index contributed by atoms with van der Waals surface area (Å²) in [4.78, 5) is 17.3. The van der Waals surface area contributed by atoms with Crippen molar-refractivity contribution in [3.05, 3.63) is 58.4 Å². The van der Waals surface area contributed by atoms with E-state index in [0.717, 1.165) is 10.9 Å². The van der Waals surface area contributed by atoms with Crippen LogP contribution in [-0.2, 0) is 0 Å². The number of aromatic nitrogens is 1. The van der Waals surface area contributed by atoms with E-state index >= 15 is 0 Å². The Labute approximate surface area is 114 Å². The van der Waals surface area contributed by atoms with Crippen LogP contribution in [0.1, 0.15) is 15.2 Å². The third-order valence-electron chi connectivity index (χ3n) is 2.91. The number of methoxy groups -OCH3 is 1. The van der Waals surface area contributed by atoms with Gasteiger partial charge in [-0.25, -0.2) is 0 Å². The number of hydrogen-bond acceptors (Lipinski definition) is 4. The Hall–Kier alpha value is -2.20. The fourth-order valence-electron chi connectivity index (χ4n) is 1.95. The fraction of sp³-hybridized carbons (Fsp3) is 0.0667. The number of rotatable bonds is 3. The van der Waals surface area contributed by atoms with Crippen LogP contribution in [0.15, 0.2) is 48.0 Å². The van der Waals surface area contributed by atoms with Crippen molar-refractivity contribution in [2.75, 3.05) is 7.11 Å². The van der Waals surface area contributed by atoms with Crippen molar-refractivity contribution < 1.29 is 9.53 Å². The Bertz CT molecular complexity index is 748. The number of para-hydroxylation sites is 1. The van der Waals surface area contributed by atoms with Crippen LogP contribution < -0.4 is 4.74 Å². The Balaban J connectivity index is 2.06. The lowest BCUT2D eigenvalue weighted by atomic mass is 10.1. The van der Waals surface area contributed by atoms with Gasteiger partial charge in [-0.1, -0.05) is 18.2 Å². The van der Waals surface area contributed by atoms with Crippen LogP contribution >= 0.6 is 11.3 Å². The van der Waals surface area contributed by atoms with Crippen molar-refractivity contribution in [3.8, 4) is 5.75 Å². The zero-order valence-corrected chi connectivity index (χ0v) is 11.1. The number of nitrogens with zero attached hydrogens (tertiary/aromatic N) is 1. The predicted octanol–water partition coefficient (Wildman–Crippen LogP) is 3.54. The quantitative estimate of drug-likeness (QED) is 0.683. The van der Waals surface area contributed by atoms with Gasteiger partial charge >= 0.3 is 0 Å². The highest BCUT2D eigenvalue weighted by Crippen LogP contribution is 2.27. The van der Waals surface area contributed by atoms with E-state index in [-0.39, 0.29) is 5.78 Å². The summed E-state index contributed by atoms with van der Waals surface area (Å²) in [5.74, 6) is 0.563. The number of hydrogen-bond donors (Lipinski definition) is 0. The van der Waals surface area contributed by atoms with E-state index in [0.29, 0.717) is 16.2 Å². The SMILES string of the molecule is COc1ccsc1C(=O)c1cnc2ccccc2c1. The minimum absolute atomic E-state index is 0.0508. The molecule has 4 heteroatoms. The second-order valence-electron chi connectivity index (χ2n) is 4.06. The van der Waals surface area contributed by atoms with E-state index < -0.39 is 0 Å². The normalized spacial score (nSPS) is 10.6. The standard InChI is InChI=1S/C15H11NO2S/c1-18-13-6-7-19-15(13)14(17)11-8-10-4-2-3-5-12(10)16-9-11/h2-9H,1H3. The van der Waals surface area contributed by atoms with E-state index in [9.17, 15) is 4.79 Å². The maximum absolute atomic E-state index is 12.4. The van der Waals surface area contributed by atoms with Gasteiger partial charge in [0.2, 0.25) is 5.78 Å². The van der Waals surface area contributed by atoms with E-state index in [1.165, 1.54) is 11.3 Å². The molecule has 0 aliphatic rings. The average molecular weight is 269 g/mol. The van der Waals surface area contributed by atoms with Gasteiger partial charge in [0.1, 0.15) is 10.6 Å². The molecule has 0 saturated carbocycles. The monoisotopic (exact) mass is 269 g/mol. The Morgan fingerprint density at radius 1 is 1.26 bits per heavy atom. The van der Waals surface area contributed by atoms with E-state index in [4.69, 9.17) is 4.74 Å². The zero-order valence-electron chi connectivity index (χ0n) is 10.3. The van der Waals surface area contributed by atoms with Crippen molar-refractivity contribution in [2.45, 2.75) is 0 Å². The predicted molar refractivity (Wildman–Crippen MR) is 76.0 cm³/mol. The lowest BCUT2D eigenvalue weighted by molar-refractivity contribution is 0.104. The number of ketones is 1. The van der Waals surface area contributed by atoms with Crippen LogP contribution in [0.3, 0.4) is 0 Å². The summed E-state index contributed by atoms with van der Waals surface area (Å²) in [5, 5.41) is 2.81. The topological polar surface area (TPSA) is 39.2 Å². The summed E-state index contributed by atoms with van der Waals surface area (Å²) in [5.41, 5.74) is 1.47. The van der Waals surface area contributed by atoms with Crippen molar-refractivity contribution >= 4 is 28.0 Å². The summed E-state index contributed by atoms with van der Waals surface area (Å²) in [6, 6.07) is 11.4. The van der Waals surface area contributed by atoms with Gasteiger partial charge in [-0.15, -0.1) is 11.3 Å². The molecule has 19 heavy (non-hydrogen) atoms. The molecule has 0 unspecified atom stereocenters. The number of pyridine rings is 1. The molecule has 3 nitrogen and oxygen atoms in total. The number of thiophene rings is 1. The van der Waals surface area contributed by atoms with Gasteiger partial charge in [0.15, 0.2) is 0 Å². The zero-order chi connectivity index (χ0) is 13.2. The number of benzene rings is 1. The second-order valence-corrected chi connectivity index (χ2v) is 4.98. The van der Waals surface area contributed by atoms with Crippen LogP contribution in [-0.4, -0.2) is 17.9 Å². The van der Waals surface area contributed by atoms with Crippen molar-refractivity contribution in [1.29, 1.82) is 0 Å². The molecule has 0 aliphatic carbocycles. The summed E-state index contributed by atoms with van der Waals surface area (Å²) in [6.45, 7) is 0. The molecule has 0 bridgehead atoms. The Morgan fingerprint density at radius 2 is 2.11 bits per heavy atom. The Kier molecular flexibility index (Phi) is 3.01. The third kappa shape index (κ3) is 2.11. The molecule has 94 valence electrons. The number of carbonyl (C=O) groups excluding carboxylic acids is 1. The van der Waals surface area contributed by atoms with Gasteiger partial charge in [0.05, 0.1) is 12.6 Å². The average Bonchev–Trinajstić information content (AvgIpc) is 2.94. The maximum atomic E-state index is 12.4. The number of fused-ring (bicyclic) bond motifs is 1. The largest absolute Gasteiger partial charge is 0.495 e. The van der Waals surface area contributed by atoms with Crippen LogP contribution in [0.5, 0.6) is 5.75 Å². The molecular weight excluding hydrogens is 258 g/mol. The van der Waals surface area contributed by atoms with Crippen LogP contribution in [0, 0.1) is 0 Å². The molecule has 0 aliphatic heterocycles. The molecule has 2 aromatic heterocycles. The van der Waals surface area contributed by atoms with E-state index in [1.54, 1.807) is 19.4 Å². The first kappa shape index (κ1) is 11.9. The molecule has 3 aromatic rings. The molecule has 0 fully saturated rings. The Morgan fingerprint density at radius 3 is 2.95 bits per heavy atom. The van der Waals surface area contributed by atoms with Gasteiger partial charge in [0, 0.05) is 17.1 Å². The molecule has 1 aromatic carbocycles. The summed E-state index contributed by atoms with van der Waals surface area (Å²) >= 11 is 1.38. The number of ether oxygens (including phenoxy) is 1. The molecular formula is C15H11NO2S. The fourth-order valence-corrected chi connectivity index (χ4v) is 2.77. The summed E-state index contributed by atoms with van der Waals surface area (Å²) in [6.07, 6.45) is 1.61. The molecule has 0 radical (unpaired) electrons. The van der Waals surface area contributed by atoms with Gasteiger partial charge in [-0.05, 0) is 23.6 Å². The van der Waals surface area contributed by atoms with Crippen LogP contribution in [0.25, 0.3) is 10.9 Å². The first-order valence-corrected chi connectivity index (χ1v) is 6.68.